The number of aromatic nitrogens is 1. The lowest BCUT2D eigenvalue weighted by atomic mass is 10.3. The first kappa shape index (κ1) is 16.0. The van der Waals surface area contributed by atoms with Crippen molar-refractivity contribution in [2.24, 2.45) is 0 Å². The number of rotatable bonds is 5. The zero-order valence-corrected chi connectivity index (χ0v) is 14.0. The van der Waals surface area contributed by atoms with E-state index in [1.165, 1.54) is 0 Å². The van der Waals surface area contributed by atoms with Crippen molar-refractivity contribution in [2.75, 3.05) is 5.32 Å². The second-order valence-corrected chi connectivity index (χ2v) is 6.42. The van der Waals surface area contributed by atoms with Gasteiger partial charge >= 0.3 is 6.03 Å². The molecular formula is C18H17N3O2S. The van der Waals surface area contributed by atoms with Crippen LogP contribution in [-0.4, -0.2) is 11.0 Å². The average Bonchev–Trinajstić information content (AvgIpc) is 3.00. The summed E-state index contributed by atoms with van der Waals surface area (Å²) in [7, 11) is 0. The molecule has 24 heavy (non-hydrogen) atoms. The van der Waals surface area contributed by atoms with E-state index < -0.39 is 0 Å². The maximum absolute atomic E-state index is 12.0. The predicted octanol–water partition coefficient (Wildman–Crippen LogP) is 4.57. The van der Waals surface area contributed by atoms with Crippen LogP contribution in [0, 0.1) is 6.92 Å². The van der Waals surface area contributed by atoms with E-state index in [1.807, 2.05) is 55.5 Å². The number of benzene rings is 2. The summed E-state index contributed by atoms with van der Waals surface area (Å²) in [5.74, 6) is 1.41. The van der Waals surface area contributed by atoms with Gasteiger partial charge in [-0.05, 0) is 31.2 Å². The molecule has 0 saturated heterocycles. The first-order valence-corrected chi connectivity index (χ1v) is 8.30. The van der Waals surface area contributed by atoms with Crippen LogP contribution in [0.2, 0.25) is 0 Å². The van der Waals surface area contributed by atoms with E-state index in [1.54, 1.807) is 23.6 Å². The molecule has 0 fully saturated rings. The lowest BCUT2D eigenvalue weighted by Gasteiger charge is -2.09. The highest BCUT2D eigenvalue weighted by atomic mass is 32.1. The fraction of sp³-hybridized carbons (Fsp3) is 0.111. The third-order valence-electron chi connectivity index (χ3n) is 3.16. The number of para-hydroxylation sites is 1. The zero-order chi connectivity index (χ0) is 16.8. The number of anilines is 1. The highest BCUT2D eigenvalue weighted by Crippen LogP contribution is 2.23. The van der Waals surface area contributed by atoms with E-state index in [2.05, 4.69) is 15.6 Å². The van der Waals surface area contributed by atoms with Crippen LogP contribution >= 0.6 is 11.3 Å². The van der Waals surface area contributed by atoms with Gasteiger partial charge in [-0.2, -0.15) is 0 Å². The largest absolute Gasteiger partial charge is 0.457 e. The van der Waals surface area contributed by atoms with Crippen LogP contribution in [0.4, 0.5) is 10.5 Å². The first-order valence-electron chi connectivity index (χ1n) is 7.48. The third kappa shape index (κ3) is 4.57. The molecule has 2 amide bonds. The Labute approximate surface area is 144 Å². The van der Waals surface area contributed by atoms with Gasteiger partial charge in [0.2, 0.25) is 0 Å². The molecular weight excluding hydrogens is 322 g/mol. The third-order valence-corrected chi connectivity index (χ3v) is 4.08. The molecule has 1 heterocycles. The summed E-state index contributed by atoms with van der Waals surface area (Å²) in [5.41, 5.74) is 0.668. The summed E-state index contributed by atoms with van der Waals surface area (Å²) in [6.45, 7) is 2.39. The number of amides is 2. The normalized spacial score (nSPS) is 10.2. The molecule has 0 atom stereocenters. The predicted molar refractivity (Wildman–Crippen MR) is 95.7 cm³/mol. The van der Waals surface area contributed by atoms with Gasteiger partial charge in [-0.3, -0.25) is 0 Å². The fourth-order valence-electron chi connectivity index (χ4n) is 2.09. The van der Waals surface area contributed by atoms with E-state index in [-0.39, 0.29) is 6.03 Å². The van der Waals surface area contributed by atoms with Gasteiger partial charge in [0.15, 0.2) is 0 Å². The molecule has 0 aliphatic rings. The molecule has 3 rings (SSSR count). The zero-order valence-electron chi connectivity index (χ0n) is 13.2. The second kappa shape index (κ2) is 7.61. The van der Waals surface area contributed by atoms with Crippen LogP contribution in [0.3, 0.4) is 0 Å². The van der Waals surface area contributed by atoms with E-state index >= 15 is 0 Å². The summed E-state index contributed by atoms with van der Waals surface area (Å²) >= 11 is 1.57. The standard InChI is InChI=1S/C18H17N3O2S/c1-13-19-11-17(24-13)12-20-18(22)21-14-6-5-9-16(10-14)23-15-7-3-2-4-8-15/h2-11H,12H2,1H3,(H2,20,21,22). The van der Waals surface area contributed by atoms with Gasteiger partial charge in [-0.25, -0.2) is 9.78 Å². The highest BCUT2D eigenvalue weighted by Gasteiger charge is 2.05. The number of thiazole rings is 1. The van der Waals surface area contributed by atoms with Gasteiger partial charge in [0.1, 0.15) is 11.5 Å². The summed E-state index contributed by atoms with van der Waals surface area (Å²) in [6.07, 6.45) is 1.77. The van der Waals surface area contributed by atoms with E-state index in [9.17, 15) is 4.79 Å². The van der Waals surface area contributed by atoms with Gasteiger partial charge in [0.05, 0.1) is 11.6 Å². The Hall–Kier alpha value is -2.86. The molecule has 0 unspecified atom stereocenters. The van der Waals surface area contributed by atoms with Crippen molar-refractivity contribution in [2.45, 2.75) is 13.5 Å². The van der Waals surface area contributed by atoms with Crippen LogP contribution in [0.1, 0.15) is 9.88 Å². The lowest BCUT2D eigenvalue weighted by Crippen LogP contribution is -2.27. The van der Waals surface area contributed by atoms with Gasteiger partial charge in [-0.1, -0.05) is 24.3 Å². The molecule has 0 aliphatic heterocycles. The molecule has 2 aromatic carbocycles. The molecule has 0 bridgehead atoms. The molecule has 0 spiro atoms. The van der Waals surface area contributed by atoms with Crippen molar-refractivity contribution in [1.82, 2.24) is 10.3 Å². The second-order valence-electron chi connectivity index (χ2n) is 5.10. The molecule has 122 valence electrons. The summed E-state index contributed by atoms with van der Waals surface area (Å²) in [5, 5.41) is 6.59. The molecule has 0 saturated carbocycles. The Kier molecular flexibility index (Phi) is 5.08. The van der Waals surface area contributed by atoms with Crippen LogP contribution in [0.5, 0.6) is 11.5 Å². The van der Waals surface area contributed by atoms with Crippen molar-refractivity contribution in [1.29, 1.82) is 0 Å². The minimum atomic E-state index is -0.266. The average molecular weight is 339 g/mol. The molecule has 2 N–H and O–H groups in total. The van der Waals surface area contributed by atoms with Crippen molar-refractivity contribution < 1.29 is 9.53 Å². The Morgan fingerprint density at radius 2 is 1.92 bits per heavy atom. The summed E-state index contributed by atoms with van der Waals surface area (Å²) < 4.78 is 5.75. The van der Waals surface area contributed by atoms with Gasteiger partial charge in [0.25, 0.3) is 0 Å². The number of hydrogen-bond donors (Lipinski definition) is 2. The minimum Gasteiger partial charge on any atom is -0.457 e. The first-order chi connectivity index (χ1) is 11.7. The number of nitrogens with one attached hydrogen (secondary N) is 2. The van der Waals surface area contributed by atoms with Crippen LogP contribution in [0.15, 0.2) is 60.8 Å². The van der Waals surface area contributed by atoms with Gasteiger partial charge in [0, 0.05) is 22.8 Å². The highest BCUT2D eigenvalue weighted by molar-refractivity contribution is 7.11. The van der Waals surface area contributed by atoms with Crippen molar-refractivity contribution >= 4 is 23.1 Å². The number of aryl methyl sites for hydroxylation is 1. The summed E-state index contributed by atoms with van der Waals surface area (Å²) in [6, 6.07) is 16.5. The quantitative estimate of drug-likeness (QED) is 0.716. The monoisotopic (exact) mass is 339 g/mol. The van der Waals surface area contributed by atoms with Gasteiger partial charge < -0.3 is 15.4 Å². The van der Waals surface area contributed by atoms with E-state index in [0.717, 1.165) is 15.6 Å². The Morgan fingerprint density at radius 3 is 2.67 bits per heavy atom. The fourth-order valence-corrected chi connectivity index (χ4v) is 2.83. The molecule has 5 nitrogen and oxygen atoms in total. The smallest absolute Gasteiger partial charge is 0.319 e. The Bertz CT molecular complexity index is 818. The number of urea groups is 1. The number of carbonyl (C=O) groups is 1. The van der Waals surface area contributed by atoms with E-state index in [4.69, 9.17) is 4.74 Å². The van der Waals surface area contributed by atoms with Gasteiger partial charge in [-0.15, -0.1) is 11.3 Å². The van der Waals surface area contributed by atoms with Crippen molar-refractivity contribution in [3.05, 3.63) is 70.7 Å². The van der Waals surface area contributed by atoms with Crippen molar-refractivity contribution in [3.8, 4) is 11.5 Å². The number of nitrogens with zero attached hydrogens (tertiary/aromatic N) is 1. The molecule has 0 aliphatic carbocycles. The number of ether oxygens (including phenoxy) is 1. The van der Waals surface area contributed by atoms with Crippen LogP contribution < -0.4 is 15.4 Å². The SMILES string of the molecule is Cc1ncc(CNC(=O)Nc2cccc(Oc3ccccc3)c2)s1. The Morgan fingerprint density at radius 1 is 1.12 bits per heavy atom. The van der Waals surface area contributed by atoms with Crippen LogP contribution in [-0.2, 0) is 6.54 Å². The van der Waals surface area contributed by atoms with Crippen molar-refractivity contribution in [3.63, 3.8) is 0 Å². The molecule has 1 aromatic heterocycles. The number of carbonyl (C=O) groups excluding carboxylic acids is 1. The Balaban J connectivity index is 1.56. The van der Waals surface area contributed by atoms with E-state index in [0.29, 0.717) is 18.0 Å². The summed E-state index contributed by atoms with van der Waals surface area (Å²) in [4.78, 5) is 17.2. The number of hydrogen-bond acceptors (Lipinski definition) is 4. The molecule has 3 aromatic rings. The maximum atomic E-state index is 12.0. The van der Waals surface area contributed by atoms with Crippen LogP contribution in [0.25, 0.3) is 0 Å². The topological polar surface area (TPSA) is 63.2 Å². The maximum Gasteiger partial charge on any atom is 0.319 e. The molecule has 0 radical (unpaired) electrons. The minimum absolute atomic E-state index is 0.266. The lowest BCUT2D eigenvalue weighted by molar-refractivity contribution is 0.252. The molecule has 6 heteroatoms.